The van der Waals surface area contributed by atoms with Gasteiger partial charge in [-0.3, -0.25) is 0 Å². The summed E-state index contributed by atoms with van der Waals surface area (Å²) in [5, 5.41) is 7.36. The molecule has 0 fully saturated rings. The zero-order valence-corrected chi connectivity index (χ0v) is 17.4. The zero-order valence-electron chi connectivity index (χ0n) is 16.6. The van der Waals surface area contributed by atoms with Gasteiger partial charge >= 0.3 is 0 Å². The van der Waals surface area contributed by atoms with Gasteiger partial charge in [0.2, 0.25) is 16.0 Å². The number of hydrogen-bond acceptors (Lipinski definition) is 6. The van der Waals surface area contributed by atoms with Crippen LogP contribution in [-0.2, 0) is 10.0 Å². The first-order valence-corrected chi connectivity index (χ1v) is 10.8. The van der Waals surface area contributed by atoms with Crippen LogP contribution in [0.1, 0.15) is 0 Å². The highest BCUT2D eigenvalue weighted by Gasteiger charge is 2.17. The van der Waals surface area contributed by atoms with Gasteiger partial charge in [-0.25, -0.2) is 17.7 Å². The number of anilines is 4. The largest absolute Gasteiger partial charge is 0.340 e. The van der Waals surface area contributed by atoms with E-state index in [-0.39, 0.29) is 4.90 Å². The second-order valence-electron chi connectivity index (χ2n) is 6.84. The molecule has 0 bridgehead atoms. The molecule has 2 N–H and O–H groups in total. The third kappa shape index (κ3) is 4.10. The molecule has 0 amide bonds. The molecular formula is C22H21N5O2S. The minimum Gasteiger partial charge on any atom is -0.340 e. The summed E-state index contributed by atoms with van der Waals surface area (Å²) in [5.74, 6) is 1.09. The van der Waals surface area contributed by atoms with Crippen molar-refractivity contribution in [3.63, 3.8) is 0 Å². The van der Waals surface area contributed by atoms with Crippen molar-refractivity contribution < 1.29 is 8.42 Å². The lowest BCUT2D eigenvalue weighted by Gasteiger charge is -2.14. The van der Waals surface area contributed by atoms with Crippen LogP contribution in [0.2, 0.25) is 0 Å². The van der Waals surface area contributed by atoms with Gasteiger partial charge < -0.3 is 10.6 Å². The van der Waals surface area contributed by atoms with Gasteiger partial charge in [-0.2, -0.15) is 4.98 Å². The van der Waals surface area contributed by atoms with Crippen molar-refractivity contribution in [3.05, 3.63) is 78.9 Å². The fourth-order valence-corrected chi connectivity index (χ4v) is 3.84. The predicted octanol–water partition coefficient (Wildman–Crippen LogP) is 4.37. The maximum atomic E-state index is 12.3. The summed E-state index contributed by atoms with van der Waals surface area (Å²) >= 11 is 0. The van der Waals surface area contributed by atoms with Gasteiger partial charge in [-0.05, 0) is 48.5 Å². The number of sulfonamides is 1. The summed E-state index contributed by atoms with van der Waals surface area (Å²) in [4.78, 5) is 9.46. The van der Waals surface area contributed by atoms with Crippen LogP contribution in [0.5, 0.6) is 0 Å². The minimum atomic E-state index is -3.47. The fraction of sp³-hybridized carbons (Fsp3) is 0.0909. The summed E-state index contributed by atoms with van der Waals surface area (Å²) in [6.45, 7) is 0. The van der Waals surface area contributed by atoms with E-state index in [0.717, 1.165) is 22.3 Å². The lowest BCUT2D eigenvalue weighted by Crippen LogP contribution is -2.22. The third-order valence-electron chi connectivity index (χ3n) is 4.53. The SMILES string of the molecule is CN(C)S(=O)(=O)c1ccc(Nc2nc(Nc3ccccc3)nc3ccccc23)cc1. The normalized spacial score (nSPS) is 11.6. The Morgan fingerprint density at radius 1 is 0.733 bits per heavy atom. The molecule has 0 saturated carbocycles. The van der Waals surface area contributed by atoms with Crippen molar-refractivity contribution in [1.29, 1.82) is 0 Å². The van der Waals surface area contributed by atoms with Crippen molar-refractivity contribution in [2.75, 3.05) is 24.7 Å². The number of nitrogens with zero attached hydrogens (tertiary/aromatic N) is 3. The average molecular weight is 420 g/mol. The number of hydrogen-bond donors (Lipinski definition) is 2. The Kier molecular flexibility index (Phi) is 5.35. The fourth-order valence-electron chi connectivity index (χ4n) is 2.94. The van der Waals surface area contributed by atoms with Gasteiger partial charge in [0.1, 0.15) is 5.82 Å². The van der Waals surface area contributed by atoms with Gasteiger partial charge in [0, 0.05) is 30.9 Å². The molecule has 8 heteroatoms. The van der Waals surface area contributed by atoms with Gasteiger partial charge in [-0.1, -0.05) is 30.3 Å². The Bertz CT molecular complexity index is 1270. The maximum Gasteiger partial charge on any atom is 0.242 e. The summed E-state index contributed by atoms with van der Waals surface area (Å²) in [7, 11) is -0.453. The second-order valence-corrected chi connectivity index (χ2v) is 8.99. The standard InChI is InChI=1S/C22H21N5O2S/c1-27(2)30(28,29)18-14-12-17(13-15-18)23-21-19-10-6-7-11-20(19)25-22(26-21)24-16-8-4-3-5-9-16/h3-15H,1-2H3,(H2,23,24,25,26). The summed E-state index contributed by atoms with van der Waals surface area (Å²) in [6, 6.07) is 24.0. The molecule has 0 aliphatic rings. The highest BCUT2D eigenvalue weighted by molar-refractivity contribution is 7.89. The summed E-state index contributed by atoms with van der Waals surface area (Å²) in [6.07, 6.45) is 0. The van der Waals surface area contributed by atoms with E-state index >= 15 is 0 Å². The second kappa shape index (κ2) is 8.10. The number of para-hydroxylation sites is 2. The molecule has 30 heavy (non-hydrogen) atoms. The van der Waals surface area contributed by atoms with Gasteiger partial charge in [-0.15, -0.1) is 0 Å². The van der Waals surface area contributed by atoms with Crippen molar-refractivity contribution in [2.24, 2.45) is 0 Å². The first kappa shape index (κ1) is 19.8. The van der Waals surface area contributed by atoms with E-state index in [1.807, 2.05) is 54.6 Å². The Balaban J connectivity index is 1.68. The van der Waals surface area contributed by atoms with E-state index in [1.165, 1.54) is 18.4 Å². The van der Waals surface area contributed by atoms with Crippen molar-refractivity contribution in [1.82, 2.24) is 14.3 Å². The number of rotatable bonds is 6. The first-order chi connectivity index (χ1) is 14.4. The molecule has 3 aromatic carbocycles. The average Bonchev–Trinajstić information content (AvgIpc) is 2.75. The van der Waals surface area contributed by atoms with Crippen LogP contribution in [0.4, 0.5) is 23.1 Å². The summed E-state index contributed by atoms with van der Waals surface area (Å²) in [5.41, 5.74) is 2.40. The van der Waals surface area contributed by atoms with Crippen LogP contribution in [0.25, 0.3) is 10.9 Å². The molecule has 0 radical (unpaired) electrons. The number of aromatic nitrogens is 2. The molecule has 0 unspecified atom stereocenters. The molecule has 4 rings (SSSR count). The smallest absolute Gasteiger partial charge is 0.242 e. The molecule has 0 saturated heterocycles. The monoisotopic (exact) mass is 419 g/mol. The van der Waals surface area contributed by atoms with E-state index < -0.39 is 10.0 Å². The van der Waals surface area contributed by atoms with Crippen LogP contribution in [-0.4, -0.2) is 36.8 Å². The molecule has 0 spiro atoms. The summed E-state index contributed by atoms with van der Waals surface area (Å²) < 4.78 is 25.7. The number of fused-ring (bicyclic) bond motifs is 1. The topological polar surface area (TPSA) is 87.2 Å². The van der Waals surface area contributed by atoms with Crippen LogP contribution < -0.4 is 10.6 Å². The Hall–Kier alpha value is -3.49. The molecule has 4 aromatic rings. The Morgan fingerprint density at radius 3 is 2.07 bits per heavy atom. The van der Waals surface area contributed by atoms with Crippen LogP contribution in [0.15, 0.2) is 83.8 Å². The lowest BCUT2D eigenvalue weighted by atomic mass is 10.2. The van der Waals surface area contributed by atoms with E-state index in [1.54, 1.807) is 24.3 Å². The molecular weight excluding hydrogens is 398 g/mol. The molecule has 1 heterocycles. The number of nitrogens with one attached hydrogen (secondary N) is 2. The van der Waals surface area contributed by atoms with Crippen molar-refractivity contribution >= 4 is 44.1 Å². The molecule has 0 aliphatic carbocycles. The molecule has 1 aromatic heterocycles. The predicted molar refractivity (Wildman–Crippen MR) is 120 cm³/mol. The van der Waals surface area contributed by atoms with E-state index in [9.17, 15) is 8.42 Å². The van der Waals surface area contributed by atoms with Gasteiger partial charge in [0.15, 0.2) is 0 Å². The molecule has 152 valence electrons. The third-order valence-corrected chi connectivity index (χ3v) is 6.36. The van der Waals surface area contributed by atoms with Crippen molar-refractivity contribution in [3.8, 4) is 0 Å². The van der Waals surface area contributed by atoms with Gasteiger partial charge in [0.05, 0.1) is 10.4 Å². The zero-order chi connectivity index (χ0) is 21.1. The van der Waals surface area contributed by atoms with Crippen LogP contribution in [0.3, 0.4) is 0 Å². The molecule has 7 nitrogen and oxygen atoms in total. The highest BCUT2D eigenvalue weighted by Crippen LogP contribution is 2.27. The maximum absolute atomic E-state index is 12.3. The quantitative estimate of drug-likeness (QED) is 0.483. The van der Waals surface area contributed by atoms with Gasteiger partial charge in [0.25, 0.3) is 0 Å². The first-order valence-electron chi connectivity index (χ1n) is 9.32. The number of benzene rings is 3. The lowest BCUT2D eigenvalue weighted by molar-refractivity contribution is 0.521. The molecule has 0 aliphatic heterocycles. The Labute approximate surface area is 175 Å². The van der Waals surface area contributed by atoms with E-state index in [4.69, 9.17) is 0 Å². The molecule has 0 atom stereocenters. The van der Waals surface area contributed by atoms with Crippen LogP contribution >= 0.6 is 0 Å². The highest BCUT2D eigenvalue weighted by atomic mass is 32.2. The Morgan fingerprint density at radius 2 is 1.37 bits per heavy atom. The van der Waals surface area contributed by atoms with E-state index in [2.05, 4.69) is 20.6 Å². The minimum absolute atomic E-state index is 0.233. The van der Waals surface area contributed by atoms with Crippen LogP contribution in [0, 0.1) is 0 Å². The van der Waals surface area contributed by atoms with Crippen molar-refractivity contribution in [2.45, 2.75) is 4.90 Å². The van der Waals surface area contributed by atoms with E-state index in [0.29, 0.717) is 11.8 Å².